The average Bonchev–Trinajstić information content (AvgIpc) is 2.71. The molecule has 0 aliphatic carbocycles. The molecule has 0 atom stereocenters. The number of aryl methyl sites for hydroxylation is 2. The zero-order valence-electron chi connectivity index (χ0n) is 10.8. The van der Waals surface area contributed by atoms with Crippen molar-refractivity contribution in [2.24, 2.45) is 0 Å². The minimum absolute atomic E-state index is 0.117. The van der Waals surface area contributed by atoms with Crippen molar-refractivity contribution >= 4 is 15.5 Å². The van der Waals surface area contributed by atoms with Gasteiger partial charge in [0.1, 0.15) is 5.82 Å². The molecule has 1 N–H and O–H groups in total. The molecule has 0 saturated heterocycles. The molecule has 2 aromatic heterocycles. The third kappa shape index (κ3) is 2.02. The summed E-state index contributed by atoms with van der Waals surface area (Å²) in [5.74, 6) is 0.782. The number of fused-ring (bicyclic) bond motifs is 1. The highest BCUT2D eigenvalue weighted by molar-refractivity contribution is 7.89. The lowest BCUT2D eigenvalue weighted by atomic mass is 10.2. The molecule has 0 aliphatic heterocycles. The van der Waals surface area contributed by atoms with E-state index in [2.05, 4.69) is 9.71 Å². The van der Waals surface area contributed by atoms with Crippen LogP contribution < -0.4 is 4.72 Å². The average molecular weight is 267 g/mol. The van der Waals surface area contributed by atoms with E-state index in [0.717, 1.165) is 24.2 Å². The largest absolute Gasteiger partial charge is 0.302 e. The van der Waals surface area contributed by atoms with Gasteiger partial charge in [0.2, 0.25) is 0 Å². The molecule has 0 fully saturated rings. The van der Waals surface area contributed by atoms with E-state index in [-0.39, 0.29) is 5.03 Å². The van der Waals surface area contributed by atoms with Crippen LogP contribution in [0.25, 0.3) is 5.52 Å². The Morgan fingerprint density at radius 3 is 2.78 bits per heavy atom. The number of pyridine rings is 1. The maximum atomic E-state index is 12.0. The van der Waals surface area contributed by atoms with Crippen LogP contribution in [0.5, 0.6) is 0 Å². The van der Waals surface area contributed by atoms with Gasteiger partial charge in [0.15, 0.2) is 5.03 Å². The third-order valence-corrected chi connectivity index (χ3v) is 4.24. The Morgan fingerprint density at radius 2 is 2.17 bits per heavy atom. The van der Waals surface area contributed by atoms with Crippen LogP contribution in [-0.4, -0.2) is 24.9 Å². The Morgan fingerprint density at radius 1 is 1.44 bits per heavy atom. The van der Waals surface area contributed by atoms with Gasteiger partial charge in [0.05, 0.1) is 5.52 Å². The number of rotatable bonds is 4. The Hall–Kier alpha value is -1.40. The zero-order chi connectivity index (χ0) is 13.3. The Bertz CT molecular complexity index is 674. The van der Waals surface area contributed by atoms with Gasteiger partial charge < -0.3 is 4.40 Å². The fourth-order valence-electron chi connectivity index (χ4n) is 2.01. The van der Waals surface area contributed by atoms with Gasteiger partial charge in [-0.15, -0.1) is 0 Å². The van der Waals surface area contributed by atoms with Crippen LogP contribution in [0.1, 0.15) is 24.7 Å². The van der Waals surface area contributed by atoms with Gasteiger partial charge in [-0.1, -0.05) is 13.0 Å². The minimum Gasteiger partial charge on any atom is -0.302 e. The normalized spacial score (nSPS) is 12.2. The summed E-state index contributed by atoms with van der Waals surface area (Å²) in [6.45, 7) is 3.94. The smallest absolute Gasteiger partial charge is 0.259 e. The highest BCUT2D eigenvalue weighted by Gasteiger charge is 2.22. The van der Waals surface area contributed by atoms with Crippen molar-refractivity contribution in [1.82, 2.24) is 14.1 Å². The van der Waals surface area contributed by atoms with Crippen molar-refractivity contribution in [2.45, 2.75) is 31.7 Å². The highest BCUT2D eigenvalue weighted by atomic mass is 32.2. The first-order valence-electron chi connectivity index (χ1n) is 5.91. The third-order valence-electron chi connectivity index (χ3n) is 2.90. The lowest BCUT2D eigenvalue weighted by molar-refractivity contribution is 0.585. The number of nitrogens with one attached hydrogen (secondary N) is 1. The second-order valence-electron chi connectivity index (χ2n) is 4.20. The van der Waals surface area contributed by atoms with Crippen LogP contribution >= 0.6 is 0 Å². The molecule has 0 saturated carbocycles. The first kappa shape index (κ1) is 13.0. The fraction of sp³-hybridized carbons (Fsp3) is 0.417. The number of hydrogen-bond donors (Lipinski definition) is 1. The molecule has 0 spiro atoms. The molecule has 0 unspecified atom stereocenters. The summed E-state index contributed by atoms with van der Waals surface area (Å²) in [5.41, 5.74) is 1.57. The summed E-state index contributed by atoms with van der Waals surface area (Å²) in [6.07, 6.45) is 3.53. The molecule has 5 nitrogen and oxygen atoms in total. The molecule has 0 radical (unpaired) electrons. The van der Waals surface area contributed by atoms with E-state index in [9.17, 15) is 8.42 Å². The predicted molar refractivity (Wildman–Crippen MR) is 70.2 cm³/mol. The Labute approximate surface area is 107 Å². The monoisotopic (exact) mass is 267 g/mol. The van der Waals surface area contributed by atoms with Crippen LogP contribution in [-0.2, 0) is 16.4 Å². The van der Waals surface area contributed by atoms with Gasteiger partial charge in [-0.3, -0.25) is 0 Å². The predicted octanol–water partition coefficient (Wildman–Crippen LogP) is 1.50. The quantitative estimate of drug-likeness (QED) is 0.913. The second kappa shape index (κ2) is 4.70. The van der Waals surface area contributed by atoms with Gasteiger partial charge in [-0.2, -0.15) is 0 Å². The first-order valence-corrected chi connectivity index (χ1v) is 7.39. The van der Waals surface area contributed by atoms with Gasteiger partial charge in [-0.25, -0.2) is 18.1 Å². The maximum Gasteiger partial charge on any atom is 0.259 e. The minimum atomic E-state index is -3.53. The van der Waals surface area contributed by atoms with Crippen molar-refractivity contribution in [3.05, 3.63) is 29.7 Å². The van der Waals surface area contributed by atoms with Gasteiger partial charge in [0.25, 0.3) is 10.0 Å². The molecule has 2 heterocycles. The lowest BCUT2D eigenvalue weighted by Crippen LogP contribution is -2.19. The fourth-order valence-corrected chi connectivity index (χ4v) is 2.94. The first-order chi connectivity index (χ1) is 8.51. The molecular formula is C12H17N3O2S. The van der Waals surface area contributed by atoms with Gasteiger partial charge >= 0.3 is 0 Å². The SMILES string of the molecule is CCCc1nc(S(=O)(=O)NC)c2c(C)cccn12. The maximum absolute atomic E-state index is 12.0. The summed E-state index contributed by atoms with van der Waals surface area (Å²) in [7, 11) is -2.13. The van der Waals surface area contributed by atoms with E-state index in [1.54, 1.807) is 0 Å². The van der Waals surface area contributed by atoms with Crippen LogP contribution in [0.2, 0.25) is 0 Å². The van der Waals surface area contributed by atoms with Crippen molar-refractivity contribution in [2.75, 3.05) is 7.05 Å². The summed E-state index contributed by atoms with van der Waals surface area (Å²) in [5, 5.41) is 0.117. The van der Waals surface area contributed by atoms with Crippen molar-refractivity contribution < 1.29 is 8.42 Å². The number of imidazole rings is 1. The molecule has 98 valence electrons. The standard InChI is InChI=1S/C12H17N3O2S/c1-4-6-10-14-12(18(16,17)13-3)11-9(2)7-5-8-15(10)11/h5,7-8,13H,4,6H2,1-3H3. The summed E-state index contributed by atoms with van der Waals surface area (Å²) in [6, 6.07) is 3.79. The molecule has 2 aromatic rings. The van der Waals surface area contributed by atoms with Crippen molar-refractivity contribution in [3.8, 4) is 0 Å². The van der Waals surface area contributed by atoms with E-state index in [1.807, 2.05) is 36.6 Å². The number of hydrogen-bond acceptors (Lipinski definition) is 3. The molecule has 0 bridgehead atoms. The zero-order valence-corrected chi connectivity index (χ0v) is 11.6. The molecule has 0 amide bonds. The molecule has 2 rings (SSSR count). The second-order valence-corrected chi connectivity index (χ2v) is 6.00. The van der Waals surface area contributed by atoms with E-state index in [4.69, 9.17) is 0 Å². The van der Waals surface area contributed by atoms with E-state index < -0.39 is 10.0 Å². The molecule has 0 aliphatic rings. The molecule has 18 heavy (non-hydrogen) atoms. The number of aromatic nitrogens is 2. The van der Waals surface area contributed by atoms with Gasteiger partial charge in [0, 0.05) is 12.6 Å². The number of nitrogens with zero attached hydrogens (tertiary/aromatic N) is 2. The molecule has 0 aromatic carbocycles. The van der Waals surface area contributed by atoms with Crippen molar-refractivity contribution in [1.29, 1.82) is 0 Å². The van der Waals surface area contributed by atoms with E-state index in [1.165, 1.54) is 7.05 Å². The summed E-state index contributed by atoms with van der Waals surface area (Å²) >= 11 is 0. The molecule has 6 heteroatoms. The Kier molecular flexibility index (Phi) is 3.41. The number of sulfonamides is 1. The van der Waals surface area contributed by atoms with Gasteiger partial charge in [-0.05, 0) is 32.0 Å². The summed E-state index contributed by atoms with van der Waals surface area (Å²) < 4.78 is 28.2. The van der Waals surface area contributed by atoms with Crippen LogP contribution in [0.4, 0.5) is 0 Å². The Balaban J connectivity index is 2.82. The summed E-state index contributed by atoms with van der Waals surface area (Å²) in [4.78, 5) is 4.29. The lowest BCUT2D eigenvalue weighted by Gasteiger charge is -2.02. The van der Waals surface area contributed by atoms with Crippen LogP contribution in [0, 0.1) is 6.92 Å². The van der Waals surface area contributed by atoms with Crippen molar-refractivity contribution in [3.63, 3.8) is 0 Å². The van der Waals surface area contributed by atoms with E-state index in [0.29, 0.717) is 5.52 Å². The van der Waals surface area contributed by atoms with Crippen LogP contribution in [0.15, 0.2) is 23.4 Å². The molecular weight excluding hydrogens is 250 g/mol. The highest BCUT2D eigenvalue weighted by Crippen LogP contribution is 2.22. The van der Waals surface area contributed by atoms with Crippen LogP contribution in [0.3, 0.4) is 0 Å². The topological polar surface area (TPSA) is 63.5 Å². The van der Waals surface area contributed by atoms with E-state index >= 15 is 0 Å².